The molecule has 3 aromatic rings. The van der Waals surface area contributed by atoms with Gasteiger partial charge in [-0.25, -0.2) is 9.69 Å². The number of urea groups is 1. The van der Waals surface area contributed by atoms with Crippen LogP contribution in [0.4, 0.5) is 10.5 Å². The van der Waals surface area contributed by atoms with E-state index in [9.17, 15) is 14.4 Å². The van der Waals surface area contributed by atoms with Crippen LogP contribution in [0.1, 0.15) is 5.56 Å². The largest absolute Gasteiger partial charge is 0.496 e. The van der Waals surface area contributed by atoms with Gasteiger partial charge in [-0.3, -0.25) is 19.9 Å². The molecule has 1 N–H and O–H groups in total. The van der Waals surface area contributed by atoms with Crippen molar-refractivity contribution in [2.45, 2.75) is 0 Å². The summed E-state index contributed by atoms with van der Waals surface area (Å²) in [4.78, 5) is 42.5. The minimum absolute atomic E-state index is 0.161. The van der Waals surface area contributed by atoms with Crippen LogP contribution in [0.3, 0.4) is 0 Å². The number of barbiturate groups is 1. The van der Waals surface area contributed by atoms with Crippen LogP contribution < -0.4 is 15.0 Å². The Morgan fingerprint density at radius 2 is 1.75 bits per heavy atom. The van der Waals surface area contributed by atoms with Gasteiger partial charge in [-0.2, -0.15) is 0 Å². The molecule has 7 heteroatoms. The molecule has 1 saturated heterocycles. The molecule has 0 spiro atoms. The van der Waals surface area contributed by atoms with Crippen molar-refractivity contribution in [2.75, 3.05) is 12.0 Å². The fourth-order valence-electron chi connectivity index (χ4n) is 3.13. The van der Waals surface area contributed by atoms with Gasteiger partial charge in [0.15, 0.2) is 0 Å². The monoisotopic (exact) mass is 373 g/mol. The normalized spacial score (nSPS) is 15.8. The summed E-state index contributed by atoms with van der Waals surface area (Å²) in [5.41, 5.74) is 0.745. The smallest absolute Gasteiger partial charge is 0.335 e. The zero-order valence-corrected chi connectivity index (χ0v) is 14.9. The number of ether oxygens (including phenoxy) is 1. The van der Waals surface area contributed by atoms with Crippen molar-refractivity contribution < 1.29 is 19.1 Å². The topological polar surface area (TPSA) is 88.6 Å². The average Bonchev–Trinajstić information content (AvgIpc) is 2.71. The number of carbonyl (C=O) groups is 3. The summed E-state index contributed by atoms with van der Waals surface area (Å²) in [5.74, 6) is -0.954. The number of nitrogens with zero attached hydrogens (tertiary/aromatic N) is 2. The maximum Gasteiger partial charge on any atom is 0.335 e. The summed E-state index contributed by atoms with van der Waals surface area (Å²) in [6, 6.07) is 13.5. The van der Waals surface area contributed by atoms with E-state index >= 15 is 0 Å². The molecule has 0 aliphatic carbocycles. The Balaban J connectivity index is 1.87. The lowest BCUT2D eigenvalue weighted by Gasteiger charge is -2.26. The molecular formula is C21H15N3O4. The number of carbonyl (C=O) groups excluding carboxylic acids is 3. The van der Waals surface area contributed by atoms with Gasteiger partial charge in [-0.05, 0) is 35.0 Å². The molecule has 0 unspecified atom stereocenters. The fraction of sp³-hybridized carbons (Fsp3) is 0.0476. The number of benzene rings is 2. The van der Waals surface area contributed by atoms with E-state index in [-0.39, 0.29) is 5.57 Å². The zero-order valence-electron chi connectivity index (χ0n) is 14.9. The van der Waals surface area contributed by atoms with Crippen LogP contribution in [0, 0.1) is 0 Å². The SMILES string of the molecule is COc1ccc2ccccc2c1/C=C1/C(=O)NC(=O)N(c2ccncc2)C1=O. The lowest BCUT2D eigenvalue weighted by molar-refractivity contribution is -0.122. The van der Waals surface area contributed by atoms with Crippen molar-refractivity contribution in [3.63, 3.8) is 0 Å². The second-order valence-corrected chi connectivity index (χ2v) is 6.07. The van der Waals surface area contributed by atoms with Crippen LogP contribution in [0.5, 0.6) is 5.75 Å². The highest BCUT2D eigenvalue weighted by atomic mass is 16.5. The lowest BCUT2D eigenvalue weighted by atomic mass is 9.99. The average molecular weight is 373 g/mol. The number of pyridine rings is 1. The Morgan fingerprint density at radius 1 is 1.00 bits per heavy atom. The number of amides is 4. The molecule has 1 aromatic heterocycles. The third-order valence-corrected chi connectivity index (χ3v) is 4.46. The summed E-state index contributed by atoms with van der Waals surface area (Å²) < 4.78 is 5.42. The number of anilines is 1. The van der Waals surface area contributed by atoms with Crippen molar-refractivity contribution >= 4 is 40.4 Å². The summed E-state index contributed by atoms with van der Waals surface area (Å²) in [5, 5.41) is 3.96. The third kappa shape index (κ3) is 2.88. The van der Waals surface area contributed by atoms with E-state index in [1.807, 2.05) is 30.3 Å². The molecule has 1 fully saturated rings. The van der Waals surface area contributed by atoms with Gasteiger partial charge in [0.25, 0.3) is 11.8 Å². The van der Waals surface area contributed by atoms with E-state index in [0.29, 0.717) is 17.0 Å². The van der Waals surface area contributed by atoms with Crippen LogP contribution in [-0.2, 0) is 9.59 Å². The van der Waals surface area contributed by atoms with Crippen molar-refractivity contribution in [1.29, 1.82) is 0 Å². The Labute approximate surface area is 160 Å². The molecule has 4 amide bonds. The highest BCUT2D eigenvalue weighted by molar-refractivity contribution is 6.39. The number of methoxy groups -OCH3 is 1. The number of imide groups is 2. The quantitative estimate of drug-likeness (QED) is 0.563. The number of fused-ring (bicyclic) bond motifs is 1. The Bertz CT molecular complexity index is 1140. The molecule has 0 saturated carbocycles. The van der Waals surface area contributed by atoms with E-state index < -0.39 is 17.8 Å². The second kappa shape index (κ2) is 6.96. The van der Waals surface area contributed by atoms with Gasteiger partial charge >= 0.3 is 6.03 Å². The van der Waals surface area contributed by atoms with E-state index in [0.717, 1.165) is 15.7 Å². The summed E-state index contributed by atoms with van der Waals surface area (Å²) >= 11 is 0. The van der Waals surface area contributed by atoms with Gasteiger partial charge in [0.2, 0.25) is 0 Å². The standard InChI is InChI=1S/C21H15N3O4/c1-28-18-7-6-13-4-2-3-5-15(13)16(18)12-17-19(25)23-21(27)24(20(17)26)14-8-10-22-11-9-14/h2-12H,1H3,(H,23,25,27)/b17-12-. The highest BCUT2D eigenvalue weighted by Gasteiger charge is 2.37. The molecule has 0 radical (unpaired) electrons. The molecule has 0 atom stereocenters. The molecule has 2 heterocycles. The van der Waals surface area contributed by atoms with E-state index in [1.165, 1.54) is 37.7 Å². The number of nitrogens with one attached hydrogen (secondary N) is 1. The molecule has 1 aliphatic rings. The molecule has 1 aliphatic heterocycles. The Morgan fingerprint density at radius 3 is 2.50 bits per heavy atom. The van der Waals surface area contributed by atoms with Crippen molar-refractivity contribution in [1.82, 2.24) is 10.3 Å². The van der Waals surface area contributed by atoms with Crippen LogP contribution in [0.2, 0.25) is 0 Å². The first-order valence-electron chi connectivity index (χ1n) is 8.47. The van der Waals surface area contributed by atoms with Crippen molar-refractivity contribution in [3.8, 4) is 5.75 Å². The van der Waals surface area contributed by atoms with Gasteiger partial charge in [-0.15, -0.1) is 0 Å². The number of hydrogen-bond acceptors (Lipinski definition) is 5. The predicted molar refractivity (Wildman–Crippen MR) is 104 cm³/mol. The van der Waals surface area contributed by atoms with Gasteiger partial charge < -0.3 is 4.74 Å². The number of hydrogen-bond donors (Lipinski definition) is 1. The van der Waals surface area contributed by atoms with E-state index in [2.05, 4.69) is 10.3 Å². The first-order chi connectivity index (χ1) is 13.6. The predicted octanol–water partition coefficient (Wildman–Crippen LogP) is 2.91. The molecule has 28 heavy (non-hydrogen) atoms. The minimum atomic E-state index is -0.803. The maximum absolute atomic E-state index is 13.0. The molecule has 0 bridgehead atoms. The molecule has 138 valence electrons. The Kier molecular flexibility index (Phi) is 4.33. The number of rotatable bonds is 3. The first kappa shape index (κ1) is 17.4. The summed E-state index contributed by atoms with van der Waals surface area (Å²) in [7, 11) is 1.52. The van der Waals surface area contributed by atoms with E-state index in [4.69, 9.17) is 4.74 Å². The molecule has 4 rings (SSSR count). The molecule has 2 aromatic carbocycles. The van der Waals surface area contributed by atoms with Gasteiger partial charge in [-0.1, -0.05) is 30.3 Å². The van der Waals surface area contributed by atoms with Crippen LogP contribution in [-0.4, -0.2) is 29.9 Å². The zero-order chi connectivity index (χ0) is 19.7. The maximum atomic E-state index is 13.0. The highest BCUT2D eigenvalue weighted by Crippen LogP contribution is 2.31. The second-order valence-electron chi connectivity index (χ2n) is 6.07. The Hall–Kier alpha value is -4.00. The summed E-state index contributed by atoms with van der Waals surface area (Å²) in [6.45, 7) is 0. The van der Waals surface area contributed by atoms with Crippen LogP contribution in [0.15, 0.2) is 66.5 Å². The summed E-state index contributed by atoms with van der Waals surface area (Å²) in [6.07, 6.45) is 4.38. The van der Waals surface area contributed by atoms with Crippen molar-refractivity contribution in [3.05, 3.63) is 72.1 Å². The van der Waals surface area contributed by atoms with Gasteiger partial charge in [0.1, 0.15) is 11.3 Å². The third-order valence-electron chi connectivity index (χ3n) is 4.46. The fourth-order valence-corrected chi connectivity index (χ4v) is 3.13. The lowest BCUT2D eigenvalue weighted by Crippen LogP contribution is -2.54. The van der Waals surface area contributed by atoms with Crippen molar-refractivity contribution in [2.24, 2.45) is 0 Å². The van der Waals surface area contributed by atoms with E-state index in [1.54, 1.807) is 6.07 Å². The molecular weight excluding hydrogens is 358 g/mol. The van der Waals surface area contributed by atoms with Crippen LogP contribution >= 0.6 is 0 Å². The van der Waals surface area contributed by atoms with Gasteiger partial charge in [0, 0.05) is 18.0 Å². The first-order valence-corrected chi connectivity index (χ1v) is 8.47. The molecule has 7 nitrogen and oxygen atoms in total. The van der Waals surface area contributed by atoms with Gasteiger partial charge in [0.05, 0.1) is 12.8 Å². The number of aromatic nitrogens is 1. The minimum Gasteiger partial charge on any atom is -0.496 e. The van der Waals surface area contributed by atoms with Crippen LogP contribution in [0.25, 0.3) is 16.8 Å².